The molecule has 1 fully saturated rings. The minimum absolute atomic E-state index is 0.177. The van der Waals surface area contributed by atoms with Crippen LogP contribution in [0.15, 0.2) is 40.2 Å². The predicted octanol–water partition coefficient (Wildman–Crippen LogP) is 1.34. The molecule has 1 aromatic carbocycles. The molecule has 0 saturated carbocycles. The van der Waals surface area contributed by atoms with Gasteiger partial charge >= 0.3 is 11.1 Å². The van der Waals surface area contributed by atoms with Crippen LogP contribution in [0.25, 0.3) is 11.0 Å². The van der Waals surface area contributed by atoms with Crippen LogP contribution in [0, 0.1) is 17.1 Å². The largest absolute Gasteiger partial charge is 0.341 e. The topological polar surface area (TPSA) is 96.8 Å². The third-order valence-corrected chi connectivity index (χ3v) is 5.14. The van der Waals surface area contributed by atoms with E-state index >= 15 is 0 Å². The molecule has 0 atom stereocenters. The van der Waals surface area contributed by atoms with E-state index in [2.05, 4.69) is 9.97 Å². The van der Waals surface area contributed by atoms with Crippen LogP contribution in [0.3, 0.4) is 0 Å². The van der Waals surface area contributed by atoms with E-state index in [-0.39, 0.29) is 6.04 Å². The molecule has 0 aliphatic carbocycles. The molecule has 1 aliphatic heterocycles. The minimum Gasteiger partial charge on any atom is -0.341 e. The van der Waals surface area contributed by atoms with E-state index < -0.39 is 16.9 Å². The van der Waals surface area contributed by atoms with Gasteiger partial charge in [-0.3, -0.25) is 14.2 Å². The summed E-state index contributed by atoms with van der Waals surface area (Å²) in [7, 11) is 1.47. The summed E-state index contributed by atoms with van der Waals surface area (Å²) >= 11 is 0. The van der Waals surface area contributed by atoms with Gasteiger partial charge in [0.05, 0.1) is 29.0 Å². The molecule has 0 N–H and O–H groups in total. The van der Waals surface area contributed by atoms with Crippen LogP contribution < -0.4 is 16.0 Å². The molecule has 2 aromatic heterocycles. The third-order valence-electron chi connectivity index (χ3n) is 5.14. The van der Waals surface area contributed by atoms with E-state index in [1.807, 2.05) is 11.0 Å². The zero-order chi connectivity index (χ0) is 19.8. The number of rotatable bonds is 2. The van der Waals surface area contributed by atoms with Gasteiger partial charge in [0.25, 0.3) is 0 Å². The second-order valence-electron chi connectivity index (χ2n) is 6.77. The first-order valence-corrected chi connectivity index (χ1v) is 8.87. The number of halogens is 1. The Labute approximate surface area is 159 Å². The number of nitriles is 1. The quantitative estimate of drug-likeness (QED) is 0.623. The number of anilines is 1. The fourth-order valence-electron chi connectivity index (χ4n) is 3.66. The normalized spacial score (nSPS) is 15.0. The molecule has 142 valence electrons. The standard InChI is InChI=1S/C19H17FN6O2/c1-24-16-8-13(20)2-3-15(16)26(18(28)17(24)27)14-4-6-25(7-5-14)19-22-10-12(9-21)11-23-19/h2-3,8,10-11,14H,4-7H2,1H3. The van der Waals surface area contributed by atoms with Crippen LogP contribution in [-0.4, -0.2) is 32.2 Å². The fraction of sp³-hybridized carbons (Fsp3) is 0.316. The maximum atomic E-state index is 13.7. The summed E-state index contributed by atoms with van der Waals surface area (Å²) in [4.78, 5) is 35.4. The molecule has 0 unspecified atom stereocenters. The van der Waals surface area contributed by atoms with Crippen LogP contribution in [0.2, 0.25) is 0 Å². The molecule has 1 aliphatic rings. The Bertz CT molecular complexity index is 1200. The number of benzene rings is 1. The van der Waals surface area contributed by atoms with Crippen LogP contribution in [-0.2, 0) is 7.05 Å². The van der Waals surface area contributed by atoms with Gasteiger partial charge in [-0.2, -0.15) is 5.26 Å². The lowest BCUT2D eigenvalue weighted by atomic mass is 10.0. The molecular formula is C19H17FN6O2. The summed E-state index contributed by atoms with van der Waals surface area (Å²) in [6.07, 6.45) is 4.18. The van der Waals surface area contributed by atoms with E-state index in [0.29, 0.717) is 48.5 Å². The van der Waals surface area contributed by atoms with Crippen LogP contribution in [0.5, 0.6) is 0 Å². The number of piperidine rings is 1. The fourth-order valence-corrected chi connectivity index (χ4v) is 3.66. The van der Waals surface area contributed by atoms with Crippen molar-refractivity contribution in [3.05, 3.63) is 62.7 Å². The summed E-state index contributed by atoms with van der Waals surface area (Å²) in [5.41, 5.74) is 0.0543. The van der Waals surface area contributed by atoms with E-state index in [9.17, 15) is 14.0 Å². The summed E-state index contributed by atoms with van der Waals surface area (Å²) in [6, 6.07) is 5.91. The smallest absolute Gasteiger partial charge is 0.317 e. The molecule has 28 heavy (non-hydrogen) atoms. The highest BCUT2D eigenvalue weighted by atomic mass is 19.1. The minimum atomic E-state index is -0.670. The van der Waals surface area contributed by atoms with Gasteiger partial charge in [0.2, 0.25) is 5.95 Å². The van der Waals surface area contributed by atoms with Crippen molar-refractivity contribution in [2.45, 2.75) is 18.9 Å². The Morgan fingerprint density at radius 1 is 1.11 bits per heavy atom. The molecular weight excluding hydrogens is 363 g/mol. The van der Waals surface area contributed by atoms with Gasteiger partial charge in [-0.1, -0.05) is 0 Å². The van der Waals surface area contributed by atoms with Crippen molar-refractivity contribution in [3.63, 3.8) is 0 Å². The van der Waals surface area contributed by atoms with Crippen molar-refractivity contribution in [2.75, 3.05) is 18.0 Å². The molecule has 0 radical (unpaired) electrons. The van der Waals surface area contributed by atoms with Crippen molar-refractivity contribution in [1.82, 2.24) is 19.1 Å². The van der Waals surface area contributed by atoms with E-state index in [1.165, 1.54) is 40.7 Å². The monoisotopic (exact) mass is 380 g/mol. The highest BCUT2D eigenvalue weighted by molar-refractivity contribution is 5.75. The molecule has 1 saturated heterocycles. The summed E-state index contributed by atoms with van der Waals surface area (Å²) < 4.78 is 16.4. The number of aromatic nitrogens is 4. The van der Waals surface area contributed by atoms with E-state index in [4.69, 9.17) is 5.26 Å². The van der Waals surface area contributed by atoms with E-state index in [1.54, 1.807) is 6.07 Å². The Balaban J connectivity index is 1.66. The zero-order valence-corrected chi connectivity index (χ0v) is 15.2. The zero-order valence-electron chi connectivity index (χ0n) is 15.2. The number of aryl methyl sites for hydroxylation is 1. The van der Waals surface area contributed by atoms with Gasteiger partial charge < -0.3 is 9.47 Å². The Hall–Kier alpha value is -3.54. The van der Waals surface area contributed by atoms with Gasteiger partial charge in [0, 0.05) is 26.2 Å². The molecule has 0 bridgehead atoms. The van der Waals surface area contributed by atoms with Crippen LogP contribution >= 0.6 is 0 Å². The van der Waals surface area contributed by atoms with Gasteiger partial charge in [-0.05, 0) is 31.0 Å². The maximum Gasteiger partial charge on any atom is 0.317 e. The van der Waals surface area contributed by atoms with Gasteiger partial charge in [0.1, 0.15) is 11.9 Å². The number of nitrogens with zero attached hydrogens (tertiary/aromatic N) is 6. The average Bonchev–Trinajstić information content (AvgIpc) is 2.73. The van der Waals surface area contributed by atoms with Crippen molar-refractivity contribution >= 4 is 17.0 Å². The number of hydrogen-bond donors (Lipinski definition) is 0. The molecule has 4 rings (SSSR count). The first-order valence-electron chi connectivity index (χ1n) is 8.87. The molecule has 0 amide bonds. The molecule has 9 heteroatoms. The number of fused-ring (bicyclic) bond motifs is 1. The van der Waals surface area contributed by atoms with Crippen molar-refractivity contribution < 1.29 is 4.39 Å². The lowest BCUT2D eigenvalue weighted by molar-refractivity contribution is 0.391. The summed E-state index contributed by atoms with van der Waals surface area (Å²) in [5, 5.41) is 8.84. The molecule has 0 spiro atoms. The van der Waals surface area contributed by atoms with Crippen molar-refractivity contribution in [1.29, 1.82) is 5.26 Å². The second-order valence-corrected chi connectivity index (χ2v) is 6.77. The van der Waals surface area contributed by atoms with Crippen LogP contribution in [0.1, 0.15) is 24.4 Å². The van der Waals surface area contributed by atoms with Crippen molar-refractivity contribution in [3.8, 4) is 6.07 Å². The second kappa shape index (κ2) is 6.88. The number of hydrogen-bond acceptors (Lipinski definition) is 6. The highest BCUT2D eigenvalue weighted by Gasteiger charge is 2.25. The lowest BCUT2D eigenvalue weighted by Gasteiger charge is -2.33. The van der Waals surface area contributed by atoms with Gasteiger partial charge in [-0.15, -0.1) is 0 Å². The first kappa shape index (κ1) is 17.9. The highest BCUT2D eigenvalue weighted by Crippen LogP contribution is 2.26. The van der Waals surface area contributed by atoms with Gasteiger partial charge in [0.15, 0.2) is 0 Å². The van der Waals surface area contributed by atoms with Crippen molar-refractivity contribution in [2.24, 2.45) is 7.05 Å². The molecule has 8 nitrogen and oxygen atoms in total. The predicted molar refractivity (Wildman–Crippen MR) is 101 cm³/mol. The Kier molecular flexibility index (Phi) is 4.39. The lowest BCUT2D eigenvalue weighted by Crippen LogP contribution is -2.45. The maximum absolute atomic E-state index is 13.7. The first-order chi connectivity index (χ1) is 13.5. The van der Waals surface area contributed by atoms with Gasteiger partial charge in [-0.25, -0.2) is 14.4 Å². The summed E-state index contributed by atoms with van der Waals surface area (Å²) in [6.45, 7) is 1.20. The Morgan fingerprint density at radius 3 is 2.43 bits per heavy atom. The average molecular weight is 380 g/mol. The summed E-state index contributed by atoms with van der Waals surface area (Å²) in [5.74, 6) is 0.0705. The van der Waals surface area contributed by atoms with E-state index in [0.717, 1.165) is 0 Å². The van der Waals surface area contributed by atoms with Crippen LogP contribution in [0.4, 0.5) is 10.3 Å². The SMILES string of the molecule is Cn1c(=O)c(=O)n(C2CCN(c3ncc(C#N)cn3)CC2)c2ccc(F)cc21. The molecule has 3 aromatic rings. The molecule has 3 heterocycles. The Morgan fingerprint density at radius 2 is 1.79 bits per heavy atom. The third kappa shape index (κ3) is 2.93.